The molecule has 110 valence electrons. The number of unbranched alkanes of at least 4 members (excludes halogenated alkanes) is 1. The first-order chi connectivity index (χ1) is 9.67. The number of aliphatic hydroxyl groups excluding tert-OH is 1. The molecule has 0 aliphatic rings. The van der Waals surface area contributed by atoms with Gasteiger partial charge in [0.05, 0.1) is 0 Å². The van der Waals surface area contributed by atoms with E-state index in [1.807, 2.05) is 0 Å². The number of aryl methyl sites for hydroxylation is 2. The monoisotopic (exact) mass is 273 g/mol. The number of fused-ring (bicyclic) bond motifs is 1. The topological polar surface area (TPSA) is 25.2 Å². The number of hydrogen-bond donors (Lipinski definition) is 1. The highest BCUT2D eigenvalue weighted by molar-refractivity contribution is 5.85. The summed E-state index contributed by atoms with van der Waals surface area (Å²) in [7, 11) is 0. The van der Waals surface area contributed by atoms with Gasteiger partial charge < -0.3 is 9.67 Å². The van der Waals surface area contributed by atoms with Crippen molar-refractivity contribution in [3.8, 4) is 0 Å². The van der Waals surface area contributed by atoms with E-state index in [1.54, 1.807) is 0 Å². The first-order valence-corrected chi connectivity index (χ1v) is 7.90. The van der Waals surface area contributed by atoms with Crippen molar-refractivity contribution in [2.24, 2.45) is 0 Å². The fourth-order valence-corrected chi connectivity index (χ4v) is 2.74. The molecule has 2 nitrogen and oxygen atoms in total. The SMILES string of the molecule is CCCCc1cn(CCCO)c2ccc(C(C)C)cc12. The van der Waals surface area contributed by atoms with Crippen molar-refractivity contribution >= 4 is 10.9 Å². The molecule has 0 saturated heterocycles. The number of aromatic nitrogens is 1. The molecular weight excluding hydrogens is 246 g/mol. The largest absolute Gasteiger partial charge is 0.396 e. The molecule has 0 bridgehead atoms. The lowest BCUT2D eigenvalue weighted by molar-refractivity contribution is 0.280. The Balaban J connectivity index is 2.43. The van der Waals surface area contributed by atoms with Gasteiger partial charge in [-0.3, -0.25) is 0 Å². The van der Waals surface area contributed by atoms with Crippen LogP contribution in [0.1, 0.15) is 57.1 Å². The molecular formula is C18H27NO. The summed E-state index contributed by atoms with van der Waals surface area (Å²) in [4.78, 5) is 0. The Morgan fingerprint density at radius 1 is 1.20 bits per heavy atom. The van der Waals surface area contributed by atoms with Gasteiger partial charge in [-0.25, -0.2) is 0 Å². The van der Waals surface area contributed by atoms with E-state index < -0.39 is 0 Å². The molecule has 0 unspecified atom stereocenters. The van der Waals surface area contributed by atoms with Crippen molar-refractivity contribution in [2.45, 2.75) is 58.9 Å². The molecule has 0 spiro atoms. The lowest BCUT2D eigenvalue weighted by atomic mass is 9.99. The second-order valence-electron chi connectivity index (χ2n) is 5.96. The molecule has 1 aromatic heterocycles. The Labute approximate surface area is 122 Å². The van der Waals surface area contributed by atoms with Crippen molar-refractivity contribution in [3.63, 3.8) is 0 Å². The Hall–Kier alpha value is -1.28. The summed E-state index contributed by atoms with van der Waals surface area (Å²) in [6, 6.07) is 6.85. The Kier molecular flexibility index (Phi) is 5.24. The van der Waals surface area contributed by atoms with E-state index in [9.17, 15) is 0 Å². The van der Waals surface area contributed by atoms with Crippen LogP contribution in [0.25, 0.3) is 10.9 Å². The van der Waals surface area contributed by atoms with Crippen LogP contribution < -0.4 is 0 Å². The molecule has 20 heavy (non-hydrogen) atoms. The third-order valence-electron chi connectivity index (χ3n) is 4.01. The third-order valence-corrected chi connectivity index (χ3v) is 4.01. The smallest absolute Gasteiger partial charge is 0.0483 e. The average molecular weight is 273 g/mol. The summed E-state index contributed by atoms with van der Waals surface area (Å²) in [5.74, 6) is 0.569. The van der Waals surface area contributed by atoms with Crippen molar-refractivity contribution in [2.75, 3.05) is 6.61 Å². The second kappa shape index (κ2) is 6.94. The standard InChI is InChI=1S/C18H27NO/c1-4-5-7-16-13-19(10-6-11-20)18-9-8-15(14(2)3)12-17(16)18/h8-9,12-14,20H,4-7,10-11H2,1-3H3. The zero-order chi connectivity index (χ0) is 14.5. The molecule has 0 aliphatic carbocycles. The highest BCUT2D eigenvalue weighted by Crippen LogP contribution is 2.27. The minimum atomic E-state index is 0.258. The van der Waals surface area contributed by atoms with E-state index in [0.717, 1.165) is 19.4 Å². The van der Waals surface area contributed by atoms with Crippen LogP contribution in [0.2, 0.25) is 0 Å². The third kappa shape index (κ3) is 3.24. The van der Waals surface area contributed by atoms with Gasteiger partial charge in [-0.2, -0.15) is 0 Å². The summed E-state index contributed by atoms with van der Waals surface area (Å²) >= 11 is 0. The number of hydrogen-bond acceptors (Lipinski definition) is 1. The molecule has 2 rings (SSSR count). The van der Waals surface area contributed by atoms with Gasteiger partial charge in [-0.05, 0) is 48.4 Å². The zero-order valence-corrected chi connectivity index (χ0v) is 13.0. The van der Waals surface area contributed by atoms with E-state index in [-0.39, 0.29) is 6.61 Å². The molecule has 1 aromatic carbocycles. The van der Waals surface area contributed by atoms with Gasteiger partial charge in [0.25, 0.3) is 0 Å². The van der Waals surface area contributed by atoms with Crippen LogP contribution in [0.4, 0.5) is 0 Å². The van der Waals surface area contributed by atoms with E-state index in [1.165, 1.54) is 34.9 Å². The van der Waals surface area contributed by atoms with Crippen LogP contribution in [0.15, 0.2) is 24.4 Å². The minimum Gasteiger partial charge on any atom is -0.396 e. The molecule has 0 atom stereocenters. The van der Waals surface area contributed by atoms with Crippen molar-refractivity contribution in [1.82, 2.24) is 4.57 Å². The van der Waals surface area contributed by atoms with Crippen LogP contribution in [0, 0.1) is 0 Å². The lowest BCUT2D eigenvalue weighted by Gasteiger charge is -2.07. The van der Waals surface area contributed by atoms with Gasteiger partial charge in [0.1, 0.15) is 0 Å². The predicted molar refractivity (Wildman–Crippen MR) is 86.3 cm³/mol. The Morgan fingerprint density at radius 2 is 2.00 bits per heavy atom. The molecule has 0 saturated carbocycles. The minimum absolute atomic E-state index is 0.258. The molecule has 0 fully saturated rings. The van der Waals surface area contributed by atoms with E-state index in [2.05, 4.69) is 49.7 Å². The van der Waals surface area contributed by atoms with Gasteiger partial charge in [0.2, 0.25) is 0 Å². The quantitative estimate of drug-likeness (QED) is 0.790. The van der Waals surface area contributed by atoms with Crippen LogP contribution in [-0.2, 0) is 13.0 Å². The maximum atomic E-state index is 9.05. The highest BCUT2D eigenvalue weighted by Gasteiger charge is 2.10. The zero-order valence-electron chi connectivity index (χ0n) is 13.0. The lowest BCUT2D eigenvalue weighted by Crippen LogP contribution is -1.98. The normalized spacial score (nSPS) is 11.7. The highest BCUT2D eigenvalue weighted by atomic mass is 16.3. The van der Waals surface area contributed by atoms with Gasteiger partial charge in [0.15, 0.2) is 0 Å². The van der Waals surface area contributed by atoms with Crippen molar-refractivity contribution in [3.05, 3.63) is 35.5 Å². The maximum Gasteiger partial charge on any atom is 0.0483 e. The molecule has 1 N–H and O–H groups in total. The van der Waals surface area contributed by atoms with Crippen LogP contribution in [0.3, 0.4) is 0 Å². The molecule has 1 heterocycles. The van der Waals surface area contributed by atoms with Gasteiger partial charge in [-0.15, -0.1) is 0 Å². The van der Waals surface area contributed by atoms with E-state index in [0.29, 0.717) is 5.92 Å². The summed E-state index contributed by atoms with van der Waals surface area (Å²) in [5, 5.41) is 10.5. The number of nitrogens with zero attached hydrogens (tertiary/aromatic N) is 1. The van der Waals surface area contributed by atoms with Gasteiger partial charge >= 0.3 is 0 Å². The second-order valence-corrected chi connectivity index (χ2v) is 5.96. The summed E-state index contributed by atoms with van der Waals surface area (Å²) in [5.41, 5.74) is 4.19. The Morgan fingerprint density at radius 3 is 2.65 bits per heavy atom. The van der Waals surface area contributed by atoms with Crippen LogP contribution >= 0.6 is 0 Å². The number of rotatable bonds is 7. The Bertz CT molecular complexity index is 554. The van der Waals surface area contributed by atoms with Crippen molar-refractivity contribution in [1.29, 1.82) is 0 Å². The first kappa shape index (κ1) is 15.1. The fourth-order valence-electron chi connectivity index (χ4n) is 2.74. The summed E-state index contributed by atoms with van der Waals surface area (Å²) in [6.07, 6.45) is 6.74. The number of aliphatic hydroxyl groups is 1. The predicted octanol–water partition coefficient (Wildman–Crippen LogP) is 4.49. The van der Waals surface area contributed by atoms with Crippen molar-refractivity contribution < 1.29 is 5.11 Å². The van der Waals surface area contributed by atoms with Crippen LogP contribution in [-0.4, -0.2) is 16.3 Å². The molecule has 2 heteroatoms. The molecule has 0 radical (unpaired) electrons. The summed E-state index contributed by atoms with van der Waals surface area (Å²) in [6.45, 7) is 7.89. The van der Waals surface area contributed by atoms with Gasteiger partial charge in [0, 0.05) is 30.3 Å². The van der Waals surface area contributed by atoms with Crippen LogP contribution in [0.5, 0.6) is 0 Å². The first-order valence-electron chi connectivity index (χ1n) is 7.90. The average Bonchev–Trinajstić information content (AvgIpc) is 2.80. The molecule has 2 aromatic rings. The number of benzene rings is 1. The van der Waals surface area contributed by atoms with E-state index in [4.69, 9.17) is 5.11 Å². The maximum absolute atomic E-state index is 9.05. The fraction of sp³-hybridized carbons (Fsp3) is 0.556. The molecule has 0 aliphatic heterocycles. The molecule has 0 amide bonds. The van der Waals surface area contributed by atoms with Gasteiger partial charge in [-0.1, -0.05) is 33.3 Å². The summed E-state index contributed by atoms with van der Waals surface area (Å²) < 4.78 is 2.31. The van der Waals surface area contributed by atoms with E-state index >= 15 is 0 Å².